The third-order valence-electron chi connectivity index (χ3n) is 2.09. The van der Waals surface area contributed by atoms with E-state index in [9.17, 15) is 13.6 Å². The molecule has 1 aromatic carbocycles. The molecule has 0 fully saturated rings. The van der Waals surface area contributed by atoms with Gasteiger partial charge in [-0.05, 0) is 6.92 Å². The van der Waals surface area contributed by atoms with Crippen LogP contribution in [0.2, 0.25) is 0 Å². The minimum atomic E-state index is -3.07. The van der Waals surface area contributed by atoms with Gasteiger partial charge in [-0.3, -0.25) is 4.79 Å². The summed E-state index contributed by atoms with van der Waals surface area (Å²) >= 11 is 0. The quantitative estimate of drug-likeness (QED) is 0.836. The summed E-state index contributed by atoms with van der Waals surface area (Å²) in [5, 5.41) is 8.34. The molecule has 0 spiro atoms. The van der Waals surface area contributed by atoms with Gasteiger partial charge in [-0.2, -0.15) is 0 Å². The summed E-state index contributed by atoms with van der Waals surface area (Å²) in [5.74, 6) is -4.27. The van der Waals surface area contributed by atoms with E-state index in [0.29, 0.717) is 0 Å². The van der Waals surface area contributed by atoms with E-state index in [2.05, 4.69) is 0 Å². The van der Waals surface area contributed by atoms with Crippen molar-refractivity contribution in [2.75, 3.05) is 0 Å². The summed E-state index contributed by atoms with van der Waals surface area (Å²) in [6.45, 7) is 1.72. The summed E-state index contributed by atoms with van der Waals surface area (Å²) in [7, 11) is 0. The third kappa shape index (κ3) is 3.31. The molecule has 1 aromatic rings. The van der Waals surface area contributed by atoms with E-state index in [1.54, 1.807) is 19.1 Å². The van der Waals surface area contributed by atoms with Crippen molar-refractivity contribution in [2.45, 2.75) is 25.7 Å². The summed E-state index contributed by atoms with van der Waals surface area (Å²) < 4.78 is 26.9. The monoisotopic (exact) mass is 214 g/mol. The van der Waals surface area contributed by atoms with Crippen LogP contribution in [0.15, 0.2) is 24.3 Å². The van der Waals surface area contributed by atoms with E-state index in [1.165, 1.54) is 12.1 Å². The van der Waals surface area contributed by atoms with E-state index >= 15 is 0 Å². The second-order valence-corrected chi connectivity index (χ2v) is 3.47. The van der Waals surface area contributed by atoms with Gasteiger partial charge < -0.3 is 5.11 Å². The molecule has 2 nitrogen and oxygen atoms in total. The SMILES string of the molecule is Cc1cccc(C(F)(F)CCC(=O)O)c1. The Balaban J connectivity index is 2.80. The fourth-order valence-corrected chi connectivity index (χ4v) is 1.28. The normalized spacial score (nSPS) is 11.4. The van der Waals surface area contributed by atoms with Crippen molar-refractivity contribution in [3.05, 3.63) is 35.4 Å². The van der Waals surface area contributed by atoms with Crippen LogP contribution in [-0.4, -0.2) is 11.1 Å². The highest BCUT2D eigenvalue weighted by atomic mass is 19.3. The highest BCUT2D eigenvalue weighted by molar-refractivity contribution is 5.66. The van der Waals surface area contributed by atoms with Gasteiger partial charge in [-0.25, -0.2) is 8.78 Å². The number of aryl methyl sites for hydroxylation is 1. The lowest BCUT2D eigenvalue weighted by atomic mass is 10.0. The third-order valence-corrected chi connectivity index (χ3v) is 2.09. The number of carboxylic acids is 1. The van der Waals surface area contributed by atoms with Gasteiger partial charge in [-0.1, -0.05) is 29.8 Å². The molecule has 0 bridgehead atoms. The topological polar surface area (TPSA) is 37.3 Å². The number of rotatable bonds is 4. The lowest BCUT2D eigenvalue weighted by Crippen LogP contribution is -2.15. The molecule has 0 saturated heterocycles. The van der Waals surface area contributed by atoms with Crippen LogP contribution in [0.5, 0.6) is 0 Å². The van der Waals surface area contributed by atoms with Crippen LogP contribution < -0.4 is 0 Å². The number of halogens is 2. The van der Waals surface area contributed by atoms with E-state index in [4.69, 9.17) is 5.11 Å². The Kier molecular flexibility index (Phi) is 3.39. The van der Waals surface area contributed by atoms with Crippen LogP contribution in [0.25, 0.3) is 0 Å². The first-order chi connectivity index (χ1) is 6.92. The highest BCUT2D eigenvalue weighted by Gasteiger charge is 2.31. The van der Waals surface area contributed by atoms with E-state index < -0.39 is 24.7 Å². The second kappa shape index (κ2) is 4.38. The lowest BCUT2D eigenvalue weighted by molar-refractivity contribution is -0.139. The summed E-state index contributed by atoms with van der Waals surface area (Å²) in [5.41, 5.74) is 0.617. The van der Waals surface area contributed by atoms with Crippen molar-refractivity contribution in [3.8, 4) is 0 Å². The molecule has 1 rings (SSSR count). The van der Waals surface area contributed by atoms with Crippen LogP contribution in [0, 0.1) is 6.92 Å². The molecule has 4 heteroatoms. The maximum absolute atomic E-state index is 13.4. The molecule has 82 valence electrons. The number of alkyl halides is 2. The van der Waals surface area contributed by atoms with Crippen molar-refractivity contribution in [1.29, 1.82) is 0 Å². The average molecular weight is 214 g/mol. The first-order valence-electron chi connectivity index (χ1n) is 4.58. The molecule has 0 atom stereocenters. The summed E-state index contributed by atoms with van der Waals surface area (Å²) in [6.07, 6.45) is -1.19. The predicted octanol–water partition coefficient (Wildman–Crippen LogP) is 2.95. The standard InChI is InChI=1S/C11H12F2O2/c1-8-3-2-4-9(7-8)11(12,13)6-5-10(14)15/h2-4,7H,5-6H2,1H3,(H,14,15). The van der Waals surface area contributed by atoms with Gasteiger partial charge in [0.2, 0.25) is 0 Å². The Bertz CT molecular complexity index is 361. The van der Waals surface area contributed by atoms with Crippen molar-refractivity contribution in [1.82, 2.24) is 0 Å². The summed E-state index contributed by atoms with van der Waals surface area (Å²) in [6, 6.07) is 5.95. The molecule has 0 aromatic heterocycles. The van der Waals surface area contributed by atoms with Gasteiger partial charge in [0.25, 0.3) is 5.92 Å². The smallest absolute Gasteiger partial charge is 0.303 e. The Labute approximate surface area is 86.5 Å². The first-order valence-corrected chi connectivity index (χ1v) is 4.58. The number of carboxylic acid groups (broad SMARTS) is 1. The van der Waals surface area contributed by atoms with E-state index in [-0.39, 0.29) is 5.56 Å². The van der Waals surface area contributed by atoms with E-state index in [1.807, 2.05) is 0 Å². The molecule has 0 heterocycles. The molecule has 0 aliphatic carbocycles. The zero-order chi connectivity index (χ0) is 11.5. The van der Waals surface area contributed by atoms with Crippen LogP contribution >= 0.6 is 0 Å². The number of carbonyl (C=O) groups is 1. The largest absolute Gasteiger partial charge is 0.481 e. The Morgan fingerprint density at radius 1 is 1.47 bits per heavy atom. The number of hydrogen-bond acceptors (Lipinski definition) is 1. The van der Waals surface area contributed by atoms with Crippen molar-refractivity contribution >= 4 is 5.97 Å². The number of hydrogen-bond donors (Lipinski definition) is 1. The number of benzene rings is 1. The maximum Gasteiger partial charge on any atom is 0.303 e. The van der Waals surface area contributed by atoms with Gasteiger partial charge in [0.15, 0.2) is 0 Å². The fourth-order valence-electron chi connectivity index (χ4n) is 1.28. The molecule has 0 amide bonds. The number of aliphatic carboxylic acids is 1. The molecule has 0 aliphatic rings. The minimum absolute atomic E-state index is 0.122. The molecule has 0 unspecified atom stereocenters. The van der Waals surface area contributed by atoms with E-state index in [0.717, 1.165) is 5.56 Å². The highest BCUT2D eigenvalue weighted by Crippen LogP contribution is 2.33. The molecular formula is C11H12F2O2. The van der Waals surface area contributed by atoms with Gasteiger partial charge in [-0.15, -0.1) is 0 Å². The fraction of sp³-hybridized carbons (Fsp3) is 0.364. The molecular weight excluding hydrogens is 202 g/mol. The maximum atomic E-state index is 13.4. The summed E-state index contributed by atoms with van der Waals surface area (Å²) in [4.78, 5) is 10.2. The van der Waals surface area contributed by atoms with Crippen LogP contribution in [-0.2, 0) is 10.7 Å². The van der Waals surface area contributed by atoms with Crippen molar-refractivity contribution < 1.29 is 18.7 Å². The van der Waals surface area contributed by atoms with Crippen molar-refractivity contribution in [2.24, 2.45) is 0 Å². The first kappa shape index (κ1) is 11.6. The van der Waals surface area contributed by atoms with Crippen LogP contribution in [0.3, 0.4) is 0 Å². The lowest BCUT2D eigenvalue weighted by Gasteiger charge is -2.15. The minimum Gasteiger partial charge on any atom is -0.481 e. The Morgan fingerprint density at radius 2 is 2.13 bits per heavy atom. The van der Waals surface area contributed by atoms with Crippen LogP contribution in [0.4, 0.5) is 8.78 Å². The zero-order valence-electron chi connectivity index (χ0n) is 8.34. The molecule has 0 aliphatic heterocycles. The Morgan fingerprint density at radius 3 is 2.67 bits per heavy atom. The Hall–Kier alpha value is -1.45. The van der Waals surface area contributed by atoms with Crippen molar-refractivity contribution in [3.63, 3.8) is 0 Å². The molecule has 0 saturated carbocycles. The van der Waals surface area contributed by atoms with Gasteiger partial charge in [0.1, 0.15) is 0 Å². The molecule has 1 N–H and O–H groups in total. The van der Waals surface area contributed by atoms with Gasteiger partial charge >= 0.3 is 5.97 Å². The van der Waals surface area contributed by atoms with Gasteiger partial charge in [0, 0.05) is 12.0 Å². The molecule has 15 heavy (non-hydrogen) atoms. The zero-order valence-corrected chi connectivity index (χ0v) is 8.34. The predicted molar refractivity (Wildman–Crippen MR) is 51.9 cm³/mol. The van der Waals surface area contributed by atoms with Gasteiger partial charge in [0.05, 0.1) is 6.42 Å². The van der Waals surface area contributed by atoms with Crippen LogP contribution in [0.1, 0.15) is 24.0 Å². The molecule has 0 radical (unpaired) electrons. The average Bonchev–Trinajstić information content (AvgIpc) is 2.15. The second-order valence-electron chi connectivity index (χ2n) is 3.47.